The standard InChI is InChI=1S/C12H23N3O2.ClH/c16-12(11-2-4-13-10-11)14-3-1-5-15-6-8-17-9-7-15;/h11,13H,1-10H2,(H,14,16);1H. The minimum atomic E-state index is 0. The average Bonchev–Trinajstić information content (AvgIpc) is 2.89. The topological polar surface area (TPSA) is 53.6 Å². The highest BCUT2D eigenvalue weighted by Crippen LogP contribution is 2.06. The summed E-state index contributed by atoms with van der Waals surface area (Å²) in [6.45, 7) is 7.43. The minimum Gasteiger partial charge on any atom is -0.379 e. The number of hydrogen-bond acceptors (Lipinski definition) is 4. The summed E-state index contributed by atoms with van der Waals surface area (Å²) in [5.41, 5.74) is 0. The Morgan fingerprint density at radius 1 is 1.39 bits per heavy atom. The Kier molecular flexibility index (Phi) is 7.58. The lowest BCUT2D eigenvalue weighted by Gasteiger charge is -2.26. The van der Waals surface area contributed by atoms with E-state index in [1.165, 1.54) is 0 Å². The summed E-state index contributed by atoms with van der Waals surface area (Å²) in [7, 11) is 0. The van der Waals surface area contributed by atoms with Crippen molar-refractivity contribution in [3.63, 3.8) is 0 Å². The molecule has 0 radical (unpaired) electrons. The van der Waals surface area contributed by atoms with Crippen LogP contribution in [0.15, 0.2) is 0 Å². The van der Waals surface area contributed by atoms with Gasteiger partial charge in [0, 0.05) is 26.2 Å². The predicted octanol–water partition coefficient (Wildman–Crippen LogP) is -0.144. The molecule has 2 N–H and O–H groups in total. The Hall–Kier alpha value is -0.360. The lowest BCUT2D eigenvalue weighted by atomic mass is 10.1. The Morgan fingerprint density at radius 2 is 2.17 bits per heavy atom. The molecule has 1 unspecified atom stereocenters. The molecular weight excluding hydrogens is 254 g/mol. The van der Waals surface area contributed by atoms with Crippen molar-refractivity contribution in [2.75, 3.05) is 52.5 Å². The number of nitrogens with one attached hydrogen (secondary N) is 2. The van der Waals surface area contributed by atoms with E-state index in [1.807, 2.05) is 0 Å². The van der Waals surface area contributed by atoms with E-state index < -0.39 is 0 Å². The van der Waals surface area contributed by atoms with Crippen LogP contribution in [0.2, 0.25) is 0 Å². The molecule has 1 amide bonds. The van der Waals surface area contributed by atoms with Gasteiger partial charge in [0.05, 0.1) is 19.1 Å². The number of nitrogens with zero attached hydrogens (tertiary/aromatic N) is 1. The van der Waals surface area contributed by atoms with E-state index in [1.54, 1.807) is 0 Å². The van der Waals surface area contributed by atoms with Gasteiger partial charge in [-0.25, -0.2) is 0 Å². The lowest BCUT2D eigenvalue weighted by molar-refractivity contribution is -0.124. The first kappa shape index (κ1) is 15.7. The van der Waals surface area contributed by atoms with Crippen LogP contribution >= 0.6 is 12.4 Å². The summed E-state index contributed by atoms with van der Waals surface area (Å²) in [6, 6.07) is 0. The Balaban J connectivity index is 0.00000162. The van der Waals surface area contributed by atoms with Crippen molar-refractivity contribution in [2.24, 2.45) is 5.92 Å². The fourth-order valence-electron chi connectivity index (χ4n) is 2.36. The van der Waals surface area contributed by atoms with Crippen molar-refractivity contribution in [3.05, 3.63) is 0 Å². The summed E-state index contributed by atoms with van der Waals surface area (Å²) in [5.74, 6) is 0.412. The molecule has 6 heteroatoms. The van der Waals surface area contributed by atoms with Crippen LogP contribution in [0.25, 0.3) is 0 Å². The Labute approximate surface area is 115 Å². The van der Waals surface area contributed by atoms with Crippen molar-refractivity contribution in [1.82, 2.24) is 15.5 Å². The Morgan fingerprint density at radius 3 is 2.83 bits per heavy atom. The number of hydrogen-bond donors (Lipinski definition) is 2. The first-order valence-corrected chi connectivity index (χ1v) is 6.65. The smallest absolute Gasteiger partial charge is 0.224 e. The fourth-order valence-corrected chi connectivity index (χ4v) is 2.36. The molecule has 2 aliphatic heterocycles. The second-order valence-electron chi connectivity index (χ2n) is 4.79. The molecule has 1 atom stereocenters. The molecule has 0 aromatic rings. The van der Waals surface area contributed by atoms with E-state index in [-0.39, 0.29) is 24.2 Å². The van der Waals surface area contributed by atoms with Gasteiger partial charge in [0.2, 0.25) is 5.91 Å². The highest BCUT2D eigenvalue weighted by molar-refractivity contribution is 5.85. The molecule has 2 fully saturated rings. The Bertz CT molecular complexity index is 241. The first-order valence-electron chi connectivity index (χ1n) is 6.65. The van der Waals surface area contributed by atoms with E-state index in [9.17, 15) is 4.79 Å². The van der Waals surface area contributed by atoms with Crippen LogP contribution in [-0.2, 0) is 9.53 Å². The van der Waals surface area contributed by atoms with E-state index in [2.05, 4.69) is 15.5 Å². The molecule has 2 aliphatic rings. The second kappa shape index (κ2) is 8.69. The third-order valence-corrected chi connectivity index (χ3v) is 3.49. The van der Waals surface area contributed by atoms with Gasteiger partial charge in [0.15, 0.2) is 0 Å². The van der Waals surface area contributed by atoms with Crippen LogP contribution in [-0.4, -0.2) is 63.3 Å². The van der Waals surface area contributed by atoms with Crippen LogP contribution in [0.3, 0.4) is 0 Å². The van der Waals surface area contributed by atoms with Crippen molar-refractivity contribution >= 4 is 18.3 Å². The van der Waals surface area contributed by atoms with Crippen LogP contribution in [0.5, 0.6) is 0 Å². The number of rotatable bonds is 5. The monoisotopic (exact) mass is 277 g/mol. The maximum atomic E-state index is 11.7. The molecule has 2 rings (SSSR count). The summed E-state index contributed by atoms with van der Waals surface area (Å²) in [4.78, 5) is 14.1. The number of morpholine rings is 1. The maximum Gasteiger partial charge on any atom is 0.224 e. The van der Waals surface area contributed by atoms with E-state index in [0.717, 1.165) is 65.3 Å². The van der Waals surface area contributed by atoms with E-state index in [0.29, 0.717) is 0 Å². The third-order valence-electron chi connectivity index (χ3n) is 3.49. The number of carbonyl (C=O) groups is 1. The number of amides is 1. The van der Waals surface area contributed by atoms with Crippen molar-refractivity contribution in [3.8, 4) is 0 Å². The molecular formula is C12H24ClN3O2. The van der Waals surface area contributed by atoms with Gasteiger partial charge in [-0.05, 0) is 25.9 Å². The van der Waals surface area contributed by atoms with Crippen molar-refractivity contribution in [1.29, 1.82) is 0 Å². The zero-order valence-electron chi connectivity index (χ0n) is 10.8. The molecule has 0 aromatic heterocycles. The highest BCUT2D eigenvalue weighted by Gasteiger charge is 2.21. The van der Waals surface area contributed by atoms with Crippen molar-refractivity contribution in [2.45, 2.75) is 12.8 Å². The summed E-state index contributed by atoms with van der Waals surface area (Å²) < 4.78 is 5.29. The summed E-state index contributed by atoms with van der Waals surface area (Å²) >= 11 is 0. The van der Waals surface area contributed by atoms with Crippen LogP contribution < -0.4 is 10.6 Å². The molecule has 0 bridgehead atoms. The minimum absolute atomic E-state index is 0. The van der Waals surface area contributed by atoms with Crippen LogP contribution in [0.4, 0.5) is 0 Å². The van der Waals surface area contributed by atoms with Gasteiger partial charge in [-0.15, -0.1) is 12.4 Å². The fraction of sp³-hybridized carbons (Fsp3) is 0.917. The van der Waals surface area contributed by atoms with E-state index in [4.69, 9.17) is 4.74 Å². The molecule has 0 aromatic carbocycles. The van der Waals surface area contributed by atoms with Gasteiger partial charge in [0.25, 0.3) is 0 Å². The lowest BCUT2D eigenvalue weighted by Crippen LogP contribution is -2.39. The molecule has 18 heavy (non-hydrogen) atoms. The number of halogens is 1. The van der Waals surface area contributed by atoms with Crippen LogP contribution in [0, 0.1) is 5.92 Å². The average molecular weight is 278 g/mol. The van der Waals surface area contributed by atoms with Gasteiger partial charge in [-0.2, -0.15) is 0 Å². The third kappa shape index (κ3) is 5.10. The van der Waals surface area contributed by atoms with Crippen molar-refractivity contribution < 1.29 is 9.53 Å². The molecule has 2 heterocycles. The van der Waals surface area contributed by atoms with Gasteiger partial charge in [-0.1, -0.05) is 0 Å². The van der Waals surface area contributed by atoms with E-state index >= 15 is 0 Å². The predicted molar refractivity (Wildman–Crippen MR) is 73.1 cm³/mol. The zero-order chi connectivity index (χ0) is 11.9. The quantitative estimate of drug-likeness (QED) is 0.687. The second-order valence-corrected chi connectivity index (χ2v) is 4.79. The van der Waals surface area contributed by atoms with Gasteiger partial charge >= 0.3 is 0 Å². The summed E-state index contributed by atoms with van der Waals surface area (Å²) in [5, 5.41) is 6.24. The molecule has 2 saturated heterocycles. The number of carbonyl (C=O) groups excluding carboxylic acids is 1. The molecule has 5 nitrogen and oxygen atoms in total. The molecule has 0 aliphatic carbocycles. The number of ether oxygens (including phenoxy) is 1. The maximum absolute atomic E-state index is 11.7. The molecule has 106 valence electrons. The molecule has 0 saturated carbocycles. The summed E-state index contributed by atoms with van der Waals surface area (Å²) in [6.07, 6.45) is 2.02. The SMILES string of the molecule is Cl.O=C(NCCCN1CCOCC1)C1CCNC1. The zero-order valence-corrected chi connectivity index (χ0v) is 11.6. The van der Waals surface area contributed by atoms with Gasteiger partial charge in [0.1, 0.15) is 0 Å². The normalized spacial score (nSPS) is 24.6. The largest absolute Gasteiger partial charge is 0.379 e. The molecule has 0 spiro atoms. The van der Waals surface area contributed by atoms with Crippen LogP contribution in [0.1, 0.15) is 12.8 Å². The van der Waals surface area contributed by atoms with Gasteiger partial charge in [-0.3, -0.25) is 9.69 Å². The first-order chi connectivity index (χ1) is 8.36. The van der Waals surface area contributed by atoms with Gasteiger partial charge < -0.3 is 15.4 Å². The highest BCUT2D eigenvalue weighted by atomic mass is 35.5.